The van der Waals surface area contributed by atoms with Crippen LogP contribution in [0.4, 0.5) is 30.9 Å². The zero-order valence-electron chi connectivity index (χ0n) is 21.3. The van der Waals surface area contributed by atoms with Crippen LogP contribution < -0.4 is 14.7 Å². The van der Waals surface area contributed by atoms with Gasteiger partial charge in [-0.15, -0.1) is 0 Å². The van der Waals surface area contributed by atoms with Gasteiger partial charge in [0, 0.05) is 61.5 Å². The Kier molecular flexibility index (Phi) is 6.46. The first-order chi connectivity index (χ1) is 18.7. The molecule has 0 amide bonds. The monoisotopic (exact) mass is 558 g/mol. The highest BCUT2D eigenvalue weighted by Crippen LogP contribution is 2.41. The lowest BCUT2D eigenvalue weighted by Gasteiger charge is -2.36. The number of anilines is 3. The number of hydrogen-bond donors (Lipinski definition) is 1. The predicted molar refractivity (Wildman–Crippen MR) is 143 cm³/mol. The molecule has 39 heavy (non-hydrogen) atoms. The van der Waals surface area contributed by atoms with Crippen LogP contribution in [0.25, 0.3) is 10.9 Å². The number of nitrogens with zero attached hydrogens (tertiary/aromatic N) is 7. The van der Waals surface area contributed by atoms with Gasteiger partial charge < -0.3 is 24.4 Å². The van der Waals surface area contributed by atoms with E-state index in [2.05, 4.69) is 24.8 Å². The van der Waals surface area contributed by atoms with Crippen LogP contribution in [0.3, 0.4) is 0 Å². The molecule has 0 saturated carbocycles. The third kappa shape index (κ3) is 4.82. The summed E-state index contributed by atoms with van der Waals surface area (Å²) in [7, 11) is 3.20. The fourth-order valence-electron chi connectivity index (χ4n) is 5.17. The Morgan fingerprint density at radius 3 is 2.54 bits per heavy atom. The highest BCUT2D eigenvalue weighted by atomic mass is 35.5. The molecule has 1 aromatic carbocycles. The van der Waals surface area contributed by atoms with Gasteiger partial charge in [0.2, 0.25) is 17.7 Å². The maximum atomic E-state index is 13.8. The summed E-state index contributed by atoms with van der Waals surface area (Å²) in [6, 6.07) is 9.01. The first-order valence-corrected chi connectivity index (χ1v) is 12.9. The summed E-state index contributed by atoms with van der Waals surface area (Å²) in [5.74, 6) is -0.529. The molecular weight excluding hydrogens is 533 g/mol. The highest BCUT2D eigenvalue weighted by molar-refractivity contribution is 6.31. The second-order valence-electron chi connectivity index (χ2n) is 9.75. The summed E-state index contributed by atoms with van der Waals surface area (Å²) in [6.07, 6.45) is -2.39. The van der Waals surface area contributed by atoms with E-state index >= 15 is 0 Å². The molecule has 4 aromatic rings. The molecule has 5 heterocycles. The van der Waals surface area contributed by atoms with Crippen molar-refractivity contribution in [1.29, 1.82) is 0 Å². The summed E-state index contributed by atoms with van der Waals surface area (Å²) < 4.78 is 46.9. The van der Waals surface area contributed by atoms with E-state index in [-0.39, 0.29) is 11.9 Å². The fourth-order valence-corrected chi connectivity index (χ4v) is 5.34. The summed E-state index contributed by atoms with van der Waals surface area (Å²) in [4.78, 5) is 25.6. The van der Waals surface area contributed by atoms with Crippen molar-refractivity contribution in [2.24, 2.45) is 0 Å². The van der Waals surface area contributed by atoms with Gasteiger partial charge in [0.05, 0.1) is 19.3 Å². The van der Waals surface area contributed by atoms with Crippen molar-refractivity contribution >= 4 is 40.2 Å². The Morgan fingerprint density at radius 2 is 1.85 bits per heavy atom. The Hall–Kier alpha value is -3.64. The van der Waals surface area contributed by atoms with Crippen molar-refractivity contribution in [1.82, 2.24) is 24.9 Å². The molecule has 6 rings (SSSR count). The van der Waals surface area contributed by atoms with Crippen molar-refractivity contribution in [3.05, 3.63) is 64.2 Å². The minimum absolute atomic E-state index is 0.0504. The largest absolute Gasteiger partial charge is 0.451 e. The zero-order chi connectivity index (χ0) is 27.3. The molecule has 9 nitrogen and oxygen atoms in total. The smallest absolute Gasteiger partial charge is 0.378 e. The average molecular weight is 559 g/mol. The van der Waals surface area contributed by atoms with Crippen molar-refractivity contribution in [2.75, 3.05) is 61.6 Å². The number of alkyl halides is 3. The van der Waals surface area contributed by atoms with Crippen LogP contribution in [-0.4, -0.2) is 71.9 Å². The molecule has 1 N–H and O–H groups in total. The van der Waals surface area contributed by atoms with Gasteiger partial charge in [-0.2, -0.15) is 28.1 Å². The SMILES string of the molecule is CN(C)c1nc(N2CCc3c([nH]c4ccc(Cl)cc34)[C@@H]2c2ccc(N3CCOCC3)nc2)nc(C(F)(F)F)n1. The second kappa shape index (κ2) is 9.83. The van der Waals surface area contributed by atoms with E-state index in [1.807, 2.05) is 30.3 Å². The maximum Gasteiger partial charge on any atom is 0.451 e. The van der Waals surface area contributed by atoms with Gasteiger partial charge in [0.15, 0.2) is 0 Å². The number of benzene rings is 1. The van der Waals surface area contributed by atoms with Gasteiger partial charge in [0.1, 0.15) is 5.82 Å². The quantitative estimate of drug-likeness (QED) is 0.393. The number of pyridine rings is 1. The van der Waals surface area contributed by atoms with Crippen molar-refractivity contribution in [2.45, 2.75) is 18.6 Å². The Morgan fingerprint density at radius 1 is 1.05 bits per heavy atom. The topological polar surface area (TPSA) is 86.3 Å². The van der Waals surface area contributed by atoms with Crippen LogP contribution in [0.5, 0.6) is 0 Å². The van der Waals surface area contributed by atoms with Crippen LogP contribution in [0, 0.1) is 0 Å². The number of morpholine rings is 1. The van der Waals surface area contributed by atoms with E-state index in [4.69, 9.17) is 21.3 Å². The van der Waals surface area contributed by atoms with Crippen molar-refractivity contribution < 1.29 is 17.9 Å². The number of aromatic amines is 1. The average Bonchev–Trinajstić information content (AvgIpc) is 3.30. The predicted octanol–water partition coefficient (Wildman–Crippen LogP) is 4.47. The molecule has 2 aliphatic rings. The minimum atomic E-state index is -4.72. The standard InChI is InChI=1S/C26H26ClF3N8O/c1-36(2)24-33-23(26(28,29)30)34-25(35-24)38-8-7-17-18-13-16(27)4-5-19(18)32-21(17)22(38)15-3-6-20(31-14-15)37-9-11-39-12-10-37/h3-6,13-14,22,32H,7-12H2,1-2H3/t22-/m0/s1. The molecule has 0 radical (unpaired) electrons. The third-order valence-electron chi connectivity index (χ3n) is 7.03. The molecule has 2 aliphatic heterocycles. The molecule has 1 saturated heterocycles. The lowest BCUT2D eigenvalue weighted by Crippen LogP contribution is -2.38. The van der Waals surface area contributed by atoms with Gasteiger partial charge >= 0.3 is 6.18 Å². The third-order valence-corrected chi connectivity index (χ3v) is 7.27. The number of aromatic nitrogens is 5. The van der Waals surface area contributed by atoms with E-state index in [1.54, 1.807) is 25.2 Å². The molecule has 0 unspecified atom stereocenters. The summed E-state index contributed by atoms with van der Waals surface area (Å²) in [5.41, 5.74) is 3.60. The fraction of sp³-hybridized carbons (Fsp3) is 0.385. The summed E-state index contributed by atoms with van der Waals surface area (Å²) >= 11 is 6.31. The number of rotatable bonds is 4. The molecule has 1 fully saturated rings. The number of ether oxygens (including phenoxy) is 1. The molecule has 0 aliphatic carbocycles. The van der Waals surface area contributed by atoms with Crippen LogP contribution in [0.15, 0.2) is 36.5 Å². The minimum Gasteiger partial charge on any atom is -0.378 e. The number of nitrogens with one attached hydrogen (secondary N) is 1. The Balaban J connectivity index is 1.49. The van der Waals surface area contributed by atoms with Crippen molar-refractivity contribution in [3.8, 4) is 0 Å². The number of halogens is 4. The Bertz CT molecular complexity index is 1500. The first-order valence-electron chi connectivity index (χ1n) is 12.5. The normalized spacial score (nSPS) is 17.9. The molecule has 13 heteroatoms. The van der Waals surface area contributed by atoms with Gasteiger partial charge in [-0.25, -0.2) is 4.98 Å². The van der Waals surface area contributed by atoms with Crippen LogP contribution in [0.2, 0.25) is 5.02 Å². The number of hydrogen-bond acceptors (Lipinski definition) is 8. The number of H-pyrrole nitrogens is 1. The molecular formula is C26H26ClF3N8O. The van der Waals surface area contributed by atoms with E-state index in [0.717, 1.165) is 46.6 Å². The van der Waals surface area contributed by atoms with Crippen LogP contribution in [0.1, 0.15) is 28.7 Å². The molecule has 0 spiro atoms. The first kappa shape index (κ1) is 25.6. The van der Waals surface area contributed by atoms with Gasteiger partial charge in [0.25, 0.3) is 0 Å². The summed E-state index contributed by atoms with van der Waals surface area (Å²) in [6.45, 7) is 3.14. The van der Waals surface area contributed by atoms with E-state index in [0.29, 0.717) is 31.2 Å². The molecule has 1 atom stereocenters. The van der Waals surface area contributed by atoms with E-state index in [9.17, 15) is 13.2 Å². The van der Waals surface area contributed by atoms with Gasteiger partial charge in [-0.1, -0.05) is 17.7 Å². The summed E-state index contributed by atoms with van der Waals surface area (Å²) in [5, 5.41) is 1.60. The van der Waals surface area contributed by atoms with Gasteiger partial charge in [-0.3, -0.25) is 0 Å². The number of fused-ring (bicyclic) bond motifs is 3. The Labute approximate surface area is 227 Å². The molecule has 204 valence electrons. The van der Waals surface area contributed by atoms with Crippen LogP contribution >= 0.6 is 11.6 Å². The second-order valence-corrected chi connectivity index (χ2v) is 10.2. The molecule has 0 bridgehead atoms. The van der Waals surface area contributed by atoms with Crippen LogP contribution in [-0.2, 0) is 17.3 Å². The zero-order valence-corrected chi connectivity index (χ0v) is 22.1. The highest BCUT2D eigenvalue weighted by Gasteiger charge is 2.39. The van der Waals surface area contributed by atoms with Crippen molar-refractivity contribution in [3.63, 3.8) is 0 Å². The molecule has 3 aromatic heterocycles. The van der Waals surface area contributed by atoms with E-state index in [1.165, 1.54) is 4.90 Å². The maximum absolute atomic E-state index is 13.8. The lowest BCUT2D eigenvalue weighted by atomic mass is 9.93. The van der Waals surface area contributed by atoms with Gasteiger partial charge in [-0.05, 0) is 41.8 Å². The van der Waals surface area contributed by atoms with E-state index < -0.39 is 18.0 Å². The lowest BCUT2D eigenvalue weighted by molar-refractivity contribution is -0.144.